The zero-order valence-corrected chi connectivity index (χ0v) is 30.8. The molecule has 0 amide bonds. The Morgan fingerprint density at radius 2 is 0.845 bits per heavy atom. The lowest BCUT2D eigenvalue weighted by Crippen LogP contribution is -2.08. The van der Waals surface area contributed by atoms with E-state index in [-0.39, 0.29) is 0 Å². The molecule has 270 valence electrons. The molecule has 13 aromatic rings. The molecule has 5 aromatic heterocycles. The summed E-state index contributed by atoms with van der Waals surface area (Å²) in [5, 5.41) is 8.71. The maximum Gasteiger partial charge on any atom is 0.238 e. The summed E-state index contributed by atoms with van der Waals surface area (Å²) in [4.78, 5) is 16.0. The van der Waals surface area contributed by atoms with Gasteiger partial charge in [0.15, 0.2) is 11.6 Å². The van der Waals surface area contributed by atoms with Gasteiger partial charge in [0.1, 0.15) is 22.3 Å². The van der Waals surface area contributed by atoms with E-state index in [1.54, 1.807) is 0 Å². The van der Waals surface area contributed by atoms with Crippen molar-refractivity contribution in [2.24, 2.45) is 0 Å². The highest BCUT2D eigenvalue weighted by Crippen LogP contribution is 2.44. The standard InChI is InChI=1S/C51H29N5O2/c1-2-14-30(15-3-1)49-52-50(54-51(53-49)56-39-22-10-5-17-32(39)34-27-29-44-46(48(34)56)37-20-8-13-25-42(37)58-44)35-18-6-11-23-40(35)55-38-21-9-4-16-31(38)33-26-28-43-45(47(33)55)36-19-7-12-24-41(36)57-43/h1-29H. The van der Waals surface area contributed by atoms with Crippen LogP contribution in [0.15, 0.2) is 185 Å². The molecule has 0 bridgehead atoms. The Kier molecular flexibility index (Phi) is 6.32. The second-order valence-electron chi connectivity index (χ2n) is 14.7. The number of hydrogen-bond acceptors (Lipinski definition) is 5. The zero-order chi connectivity index (χ0) is 37.9. The van der Waals surface area contributed by atoms with Crippen molar-refractivity contribution in [1.82, 2.24) is 24.1 Å². The summed E-state index contributed by atoms with van der Waals surface area (Å²) in [7, 11) is 0. The minimum Gasteiger partial charge on any atom is -0.456 e. The zero-order valence-electron chi connectivity index (χ0n) is 30.8. The molecular weight excluding hydrogens is 715 g/mol. The number of furan rings is 2. The summed E-state index contributed by atoms with van der Waals surface area (Å²) in [6, 6.07) is 60.6. The fraction of sp³-hybridized carbons (Fsp3) is 0. The van der Waals surface area contributed by atoms with Crippen LogP contribution in [0, 0.1) is 0 Å². The quantitative estimate of drug-likeness (QED) is 0.179. The van der Waals surface area contributed by atoms with Gasteiger partial charge in [0.25, 0.3) is 0 Å². The molecule has 58 heavy (non-hydrogen) atoms. The second kappa shape index (κ2) is 11.7. The third kappa shape index (κ3) is 4.30. The SMILES string of the molecule is c1ccc(-c2nc(-c3ccccc3-n3c4ccccc4c4ccc5oc6ccccc6c5c43)nc(-n3c4ccccc4c4ccc5oc6ccccc6c5c43)n2)cc1. The Labute approximate surface area is 329 Å². The summed E-state index contributed by atoms with van der Waals surface area (Å²) in [6.45, 7) is 0. The molecule has 0 spiro atoms. The van der Waals surface area contributed by atoms with E-state index in [0.717, 1.165) is 104 Å². The van der Waals surface area contributed by atoms with Gasteiger partial charge in [0, 0.05) is 43.4 Å². The van der Waals surface area contributed by atoms with Crippen LogP contribution in [-0.2, 0) is 0 Å². The van der Waals surface area contributed by atoms with E-state index < -0.39 is 0 Å². The third-order valence-corrected chi connectivity index (χ3v) is 11.6. The number of rotatable bonds is 4. The molecule has 8 aromatic carbocycles. The van der Waals surface area contributed by atoms with E-state index in [4.69, 9.17) is 23.8 Å². The number of aromatic nitrogens is 5. The highest BCUT2D eigenvalue weighted by Gasteiger charge is 2.25. The monoisotopic (exact) mass is 743 g/mol. The first-order valence-electron chi connectivity index (χ1n) is 19.4. The average molecular weight is 744 g/mol. The van der Waals surface area contributed by atoms with E-state index in [1.807, 2.05) is 42.5 Å². The first-order valence-corrected chi connectivity index (χ1v) is 19.4. The molecule has 0 aliphatic heterocycles. The second-order valence-corrected chi connectivity index (χ2v) is 14.7. The lowest BCUT2D eigenvalue weighted by Gasteiger charge is -2.15. The third-order valence-electron chi connectivity index (χ3n) is 11.6. The number of fused-ring (bicyclic) bond motifs is 14. The van der Waals surface area contributed by atoms with Gasteiger partial charge in [0.2, 0.25) is 5.95 Å². The summed E-state index contributed by atoms with van der Waals surface area (Å²) >= 11 is 0. The lowest BCUT2D eigenvalue weighted by molar-refractivity contribution is 0.669. The van der Waals surface area contributed by atoms with E-state index in [1.165, 1.54) is 0 Å². The van der Waals surface area contributed by atoms with Gasteiger partial charge >= 0.3 is 0 Å². The summed E-state index contributed by atoms with van der Waals surface area (Å²) < 4.78 is 17.4. The van der Waals surface area contributed by atoms with Crippen LogP contribution in [0.2, 0.25) is 0 Å². The van der Waals surface area contributed by atoms with Crippen LogP contribution < -0.4 is 0 Å². The molecular formula is C51H29N5O2. The number of para-hydroxylation sites is 5. The minimum atomic E-state index is 0.521. The van der Waals surface area contributed by atoms with Crippen molar-refractivity contribution in [3.8, 4) is 34.4 Å². The average Bonchev–Trinajstić information content (AvgIpc) is 4.04. The Balaban J connectivity index is 1.16. The van der Waals surface area contributed by atoms with E-state index >= 15 is 0 Å². The summed E-state index contributed by atoms with van der Waals surface area (Å²) in [5.41, 5.74) is 10.2. The lowest BCUT2D eigenvalue weighted by atomic mass is 10.1. The van der Waals surface area contributed by atoms with Crippen molar-refractivity contribution in [3.05, 3.63) is 176 Å². The van der Waals surface area contributed by atoms with E-state index in [2.05, 4.69) is 143 Å². The van der Waals surface area contributed by atoms with Crippen molar-refractivity contribution in [3.63, 3.8) is 0 Å². The molecule has 13 rings (SSSR count). The van der Waals surface area contributed by atoms with Gasteiger partial charge < -0.3 is 13.4 Å². The van der Waals surface area contributed by atoms with Crippen LogP contribution in [0.1, 0.15) is 0 Å². The van der Waals surface area contributed by atoms with Crippen LogP contribution in [0.4, 0.5) is 0 Å². The van der Waals surface area contributed by atoms with Crippen LogP contribution in [0.25, 0.3) is 122 Å². The number of benzene rings is 8. The van der Waals surface area contributed by atoms with Crippen molar-refractivity contribution in [2.75, 3.05) is 0 Å². The maximum atomic E-state index is 6.45. The van der Waals surface area contributed by atoms with Crippen molar-refractivity contribution < 1.29 is 8.83 Å². The van der Waals surface area contributed by atoms with Gasteiger partial charge in [-0.1, -0.05) is 115 Å². The van der Waals surface area contributed by atoms with Crippen LogP contribution >= 0.6 is 0 Å². The van der Waals surface area contributed by atoms with Crippen molar-refractivity contribution >= 4 is 87.5 Å². The molecule has 0 N–H and O–H groups in total. The van der Waals surface area contributed by atoms with E-state index in [9.17, 15) is 0 Å². The fourth-order valence-corrected chi connectivity index (χ4v) is 9.15. The maximum absolute atomic E-state index is 6.45. The van der Waals surface area contributed by atoms with Crippen molar-refractivity contribution in [2.45, 2.75) is 0 Å². The predicted molar refractivity (Wildman–Crippen MR) is 234 cm³/mol. The predicted octanol–water partition coefficient (Wildman–Crippen LogP) is 13.2. The van der Waals surface area contributed by atoms with Gasteiger partial charge in [-0.05, 0) is 60.7 Å². The molecule has 0 aliphatic carbocycles. The Morgan fingerprint density at radius 1 is 0.345 bits per heavy atom. The normalized spacial score (nSPS) is 12.1. The van der Waals surface area contributed by atoms with Gasteiger partial charge in [-0.3, -0.25) is 4.57 Å². The molecule has 0 unspecified atom stereocenters. The first kappa shape index (κ1) is 31.2. The summed E-state index contributed by atoms with van der Waals surface area (Å²) in [6.07, 6.45) is 0. The number of hydrogen-bond donors (Lipinski definition) is 0. The highest BCUT2D eigenvalue weighted by molar-refractivity contribution is 6.26. The molecule has 0 aliphatic rings. The van der Waals surface area contributed by atoms with Crippen LogP contribution in [0.3, 0.4) is 0 Å². The fourth-order valence-electron chi connectivity index (χ4n) is 9.15. The molecule has 0 saturated carbocycles. The molecule has 0 atom stereocenters. The molecule has 7 heteroatoms. The molecule has 5 heterocycles. The van der Waals surface area contributed by atoms with Gasteiger partial charge in [-0.25, -0.2) is 4.98 Å². The first-order chi connectivity index (χ1) is 28.8. The minimum absolute atomic E-state index is 0.521. The van der Waals surface area contributed by atoms with Gasteiger partial charge in [-0.2, -0.15) is 9.97 Å². The van der Waals surface area contributed by atoms with Crippen LogP contribution in [0.5, 0.6) is 0 Å². The molecule has 0 radical (unpaired) electrons. The van der Waals surface area contributed by atoms with E-state index in [0.29, 0.717) is 17.6 Å². The smallest absolute Gasteiger partial charge is 0.238 e. The Morgan fingerprint density at radius 3 is 1.50 bits per heavy atom. The molecule has 0 fully saturated rings. The Hall–Kier alpha value is -8.03. The van der Waals surface area contributed by atoms with Crippen molar-refractivity contribution in [1.29, 1.82) is 0 Å². The number of nitrogens with zero attached hydrogens (tertiary/aromatic N) is 5. The highest BCUT2D eigenvalue weighted by atomic mass is 16.3. The van der Waals surface area contributed by atoms with Gasteiger partial charge in [-0.15, -0.1) is 0 Å². The van der Waals surface area contributed by atoms with Crippen LogP contribution in [-0.4, -0.2) is 24.1 Å². The molecule has 7 nitrogen and oxygen atoms in total. The summed E-state index contributed by atoms with van der Waals surface area (Å²) in [5.74, 6) is 1.66. The largest absolute Gasteiger partial charge is 0.456 e. The van der Waals surface area contributed by atoms with Gasteiger partial charge in [0.05, 0.1) is 38.5 Å². The molecule has 0 saturated heterocycles. The topological polar surface area (TPSA) is 74.8 Å². The Bertz CT molecular complexity index is 3810.